The second-order valence-electron chi connectivity index (χ2n) is 6.55. The van der Waals surface area contributed by atoms with Crippen LogP contribution in [0.4, 0.5) is 5.69 Å². The van der Waals surface area contributed by atoms with Gasteiger partial charge in [-0.05, 0) is 31.0 Å². The first-order chi connectivity index (χ1) is 10.1. The molecule has 0 aromatic heterocycles. The second kappa shape index (κ2) is 5.72. The van der Waals surface area contributed by atoms with E-state index in [1.165, 1.54) is 5.01 Å². The molecule has 6 heteroatoms. The molecule has 0 spiro atoms. The topological polar surface area (TPSA) is 61.8 Å². The van der Waals surface area contributed by atoms with Crippen LogP contribution in [0.2, 0.25) is 5.02 Å². The van der Waals surface area contributed by atoms with Gasteiger partial charge in [0.05, 0.1) is 17.1 Å². The highest BCUT2D eigenvalue weighted by Crippen LogP contribution is 2.33. The van der Waals surface area contributed by atoms with Crippen molar-refractivity contribution < 1.29 is 9.59 Å². The molecule has 0 aliphatic carbocycles. The van der Waals surface area contributed by atoms with Crippen molar-refractivity contribution in [3.05, 3.63) is 28.3 Å². The fraction of sp³-hybridized carbons (Fsp3) is 0.438. The number of aryl methyl sites for hydroxylation is 2. The van der Waals surface area contributed by atoms with Crippen LogP contribution in [0.25, 0.3) is 0 Å². The summed E-state index contributed by atoms with van der Waals surface area (Å²) in [6.07, 6.45) is 0.0610. The molecule has 1 heterocycles. The number of hydrogen-bond donors (Lipinski definition) is 1. The molecule has 2 amide bonds. The molecule has 0 unspecified atom stereocenters. The third kappa shape index (κ3) is 3.30. The van der Waals surface area contributed by atoms with E-state index in [0.717, 1.165) is 11.1 Å². The monoisotopic (exact) mass is 321 g/mol. The Morgan fingerprint density at radius 3 is 2.50 bits per heavy atom. The molecule has 0 saturated heterocycles. The summed E-state index contributed by atoms with van der Waals surface area (Å²) in [5.74, 6) is -0.0355. The van der Waals surface area contributed by atoms with Crippen molar-refractivity contribution in [1.29, 1.82) is 0 Å². The number of carbonyl (C=O) groups is 2. The SMILES string of the molecule is Cc1cc(C)c(N2N=C(NC(=O)C(C)(C)C)CC2=O)c(Cl)c1. The number of nitrogens with one attached hydrogen (secondary N) is 1. The molecule has 1 aromatic rings. The Kier molecular flexibility index (Phi) is 4.29. The van der Waals surface area contributed by atoms with E-state index in [0.29, 0.717) is 16.5 Å². The van der Waals surface area contributed by atoms with E-state index in [9.17, 15) is 9.59 Å². The fourth-order valence-electron chi connectivity index (χ4n) is 2.17. The number of hydrogen-bond acceptors (Lipinski definition) is 3. The number of rotatable bonds is 1. The normalized spacial score (nSPS) is 15.1. The smallest absolute Gasteiger partial charge is 0.255 e. The van der Waals surface area contributed by atoms with Crippen molar-refractivity contribution in [2.24, 2.45) is 10.5 Å². The van der Waals surface area contributed by atoms with Gasteiger partial charge in [0.15, 0.2) is 0 Å². The Morgan fingerprint density at radius 1 is 1.32 bits per heavy atom. The zero-order valence-corrected chi connectivity index (χ0v) is 14.2. The first-order valence-electron chi connectivity index (χ1n) is 7.08. The number of anilines is 1. The molecule has 0 saturated carbocycles. The van der Waals surface area contributed by atoms with Crippen molar-refractivity contribution in [3.8, 4) is 0 Å². The van der Waals surface area contributed by atoms with E-state index in [4.69, 9.17) is 11.6 Å². The minimum absolute atomic E-state index is 0.0610. The molecule has 1 aliphatic rings. The van der Waals surface area contributed by atoms with Crippen LogP contribution < -0.4 is 10.3 Å². The summed E-state index contributed by atoms with van der Waals surface area (Å²) in [5.41, 5.74) is 1.90. The van der Waals surface area contributed by atoms with Gasteiger partial charge in [-0.2, -0.15) is 10.1 Å². The molecule has 22 heavy (non-hydrogen) atoms. The lowest BCUT2D eigenvalue weighted by atomic mass is 9.96. The third-order valence-corrected chi connectivity index (χ3v) is 3.61. The van der Waals surface area contributed by atoms with Crippen LogP contribution in [0.5, 0.6) is 0 Å². The average Bonchev–Trinajstić information content (AvgIpc) is 2.67. The first-order valence-corrected chi connectivity index (χ1v) is 7.46. The van der Waals surface area contributed by atoms with Crippen LogP contribution in [-0.4, -0.2) is 17.6 Å². The van der Waals surface area contributed by atoms with Crippen LogP contribution in [0.15, 0.2) is 17.2 Å². The predicted octanol–water partition coefficient (Wildman–Crippen LogP) is 3.17. The van der Waals surface area contributed by atoms with E-state index in [1.54, 1.807) is 26.8 Å². The highest BCUT2D eigenvalue weighted by molar-refractivity contribution is 6.34. The Balaban J connectivity index is 2.30. The summed E-state index contributed by atoms with van der Waals surface area (Å²) in [6.45, 7) is 9.23. The summed E-state index contributed by atoms with van der Waals surface area (Å²) < 4.78 is 0. The van der Waals surface area contributed by atoms with Crippen LogP contribution >= 0.6 is 11.6 Å². The van der Waals surface area contributed by atoms with Crippen LogP contribution in [0.1, 0.15) is 38.3 Å². The molecular formula is C16H20ClN3O2. The van der Waals surface area contributed by atoms with Crippen molar-refractivity contribution >= 4 is 34.9 Å². The van der Waals surface area contributed by atoms with E-state index < -0.39 is 5.41 Å². The summed E-state index contributed by atoms with van der Waals surface area (Å²) in [5, 5.41) is 8.68. The summed E-state index contributed by atoms with van der Waals surface area (Å²) in [7, 11) is 0. The molecule has 1 N–H and O–H groups in total. The van der Waals surface area contributed by atoms with E-state index in [2.05, 4.69) is 10.4 Å². The maximum Gasteiger partial charge on any atom is 0.255 e. The van der Waals surface area contributed by atoms with Gasteiger partial charge in [0.25, 0.3) is 5.91 Å². The molecule has 2 rings (SSSR count). The largest absolute Gasteiger partial charge is 0.312 e. The lowest BCUT2D eigenvalue weighted by Crippen LogP contribution is -2.38. The number of hydrazone groups is 1. The van der Waals surface area contributed by atoms with Crippen molar-refractivity contribution in [2.45, 2.75) is 41.0 Å². The highest BCUT2D eigenvalue weighted by atomic mass is 35.5. The van der Waals surface area contributed by atoms with Gasteiger partial charge >= 0.3 is 0 Å². The van der Waals surface area contributed by atoms with E-state index in [1.807, 2.05) is 19.9 Å². The maximum atomic E-state index is 12.2. The number of nitrogens with zero attached hydrogens (tertiary/aromatic N) is 2. The van der Waals surface area contributed by atoms with Crippen molar-refractivity contribution in [2.75, 3.05) is 5.01 Å². The van der Waals surface area contributed by atoms with Gasteiger partial charge in [0.1, 0.15) is 5.84 Å². The Morgan fingerprint density at radius 2 is 1.95 bits per heavy atom. The van der Waals surface area contributed by atoms with Gasteiger partial charge in [-0.25, -0.2) is 0 Å². The van der Waals surface area contributed by atoms with E-state index >= 15 is 0 Å². The standard InChI is InChI=1S/C16H20ClN3O2/c1-9-6-10(2)14(11(17)7-9)20-13(21)8-12(19-20)18-15(22)16(3,4)5/h6-7H,8H2,1-5H3,(H,18,19,22). The van der Waals surface area contributed by atoms with Crippen LogP contribution in [0.3, 0.4) is 0 Å². The summed E-state index contributed by atoms with van der Waals surface area (Å²) in [4.78, 5) is 24.2. The lowest BCUT2D eigenvalue weighted by Gasteiger charge is -2.17. The molecule has 1 aromatic carbocycles. The van der Waals surface area contributed by atoms with E-state index in [-0.39, 0.29) is 18.2 Å². The number of benzene rings is 1. The third-order valence-electron chi connectivity index (χ3n) is 3.32. The number of amidine groups is 1. The lowest BCUT2D eigenvalue weighted by molar-refractivity contribution is -0.126. The van der Waals surface area contributed by atoms with Gasteiger partial charge in [-0.3, -0.25) is 9.59 Å². The molecule has 0 radical (unpaired) electrons. The fourth-order valence-corrected chi connectivity index (χ4v) is 2.57. The molecule has 118 valence electrons. The Labute approximate surface area is 135 Å². The second-order valence-corrected chi connectivity index (χ2v) is 6.95. The number of halogens is 1. The highest BCUT2D eigenvalue weighted by Gasteiger charge is 2.31. The molecule has 1 aliphatic heterocycles. The van der Waals surface area contributed by atoms with Gasteiger partial charge in [-0.1, -0.05) is 38.4 Å². The number of amides is 2. The predicted molar refractivity (Wildman–Crippen MR) is 88.1 cm³/mol. The molecule has 0 fully saturated rings. The zero-order chi connectivity index (χ0) is 16.7. The minimum atomic E-state index is -0.545. The van der Waals surface area contributed by atoms with Gasteiger partial charge in [-0.15, -0.1) is 0 Å². The summed E-state index contributed by atoms with van der Waals surface area (Å²) in [6, 6.07) is 3.73. The van der Waals surface area contributed by atoms with Gasteiger partial charge < -0.3 is 5.32 Å². The van der Waals surface area contributed by atoms with Crippen LogP contribution in [0, 0.1) is 19.3 Å². The maximum absolute atomic E-state index is 12.2. The average molecular weight is 322 g/mol. The summed E-state index contributed by atoms with van der Waals surface area (Å²) >= 11 is 6.26. The Bertz CT molecular complexity index is 651. The Hall–Kier alpha value is -1.88. The molecule has 0 bridgehead atoms. The molecule has 0 atom stereocenters. The van der Waals surface area contributed by atoms with Crippen molar-refractivity contribution in [1.82, 2.24) is 5.32 Å². The number of carbonyl (C=O) groups excluding carboxylic acids is 2. The zero-order valence-electron chi connectivity index (χ0n) is 13.5. The van der Waals surface area contributed by atoms with Gasteiger partial charge in [0.2, 0.25) is 5.91 Å². The van der Waals surface area contributed by atoms with Gasteiger partial charge in [0, 0.05) is 5.41 Å². The quantitative estimate of drug-likeness (QED) is 0.863. The van der Waals surface area contributed by atoms with Crippen molar-refractivity contribution in [3.63, 3.8) is 0 Å². The molecular weight excluding hydrogens is 302 g/mol. The first kappa shape index (κ1) is 16.5. The van der Waals surface area contributed by atoms with Crippen LogP contribution in [-0.2, 0) is 9.59 Å². The minimum Gasteiger partial charge on any atom is -0.312 e. The molecule has 5 nitrogen and oxygen atoms in total.